The second-order valence-electron chi connectivity index (χ2n) is 5.44. The molecular weight excluding hydrogens is 214 g/mol. The van der Waals surface area contributed by atoms with E-state index in [1.165, 1.54) is 11.1 Å². The molecule has 0 bridgehead atoms. The van der Waals surface area contributed by atoms with Gasteiger partial charge in [-0.3, -0.25) is 0 Å². The molecule has 17 heavy (non-hydrogen) atoms. The number of nitrogens with one attached hydrogen (secondary N) is 1. The Kier molecular flexibility index (Phi) is 3.29. The van der Waals surface area contributed by atoms with E-state index < -0.39 is 0 Å². The summed E-state index contributed by atoms with van der Waals surface area (Å²) in [5, 5.41) is 3.35. The van der Waals surface area contributed by atoms with E-state index in [4.69, 9.17) is 9.47 Å². The number of hydrogen-bond donors (Lipinski definition) is 1. The van der Waals surface area contributed by atoms with E-state index in [-0.39, 0.29) is 5.41 Å². The van der Waals surface area contributed by atoms with Crippen LogP contribution in [0.25, 0.3) is 0 Å². The van der Waals surface area contributed by atoms with E-state index in [1.54, 1.807) is 7.11 Å². The summed E-state index contributed by atoms with van der Waals surface area (Å²) in [6.45, 7) is 9.05. The molecule has 1 heterocycles. The van der Waals surface area contributed by atoms with Gasteiger partial charge in [0, 0.05) is 24.2 Å². The van der Waals surface area contributed by atoms with Gasteiger partial charge in [0.25, 0.3) is 0 Å². The number of methoxy groups -OCH3 is 1. The molecule has 0 amide bonds. The molecule has 1 aromatic carbocycles. The monoisotopic (exact) mass is 235 g/mol. The van der Waals surface area contributed by atoms with Gasteiger partial charge in [-0.1, -0.05) is 20.8 Å². The van der Waals surface area contributed by atoms with Crippen LogP contribution in [0.4, 0.5) is 0 Å². The predicted octanol–water partition coefficient (Wildman–Crippen LogP) is 2.47. The van der Waals surface area contributed by atoms with E-state index in [1.807, 2.05) is 0 Å². The van der Waals surface area contributed by atoms with Gasteiger partial charge >= 0.3 is 0 Å². The minimum Gasteiger partial charge on any atom is -0.497 e. The maximum absolute atomic E-state index is 5.89. The summed E-state index contributed by atoms with van der Waals surface area (Å²) in [7, 11) is 1.71. The molecule has 0 spiro atoms. The fourth-order valence-electron chi connectivity index (χ4n) is 2.08. The molecule has 3 nitrogen and oxygen atoms in total. The van der Waals surface area contributed by atoms with Crippen molar-refractivity contribution < 1.29 is 9.47 Å². The highest BCUT2D eigenvalue weighted by Crippen LogP contribution is 2.38. The van der Waals surface area contributed by atoms with E-state index in [2.05, 4.69) is 38.2 Å². The Labute approximate surface area is 103 Å². The Hall–Kier alpha value is -1.22. The highest BCUT2D eigenvalue weighted by Gasteiger charge is 2.24. The standard InChI is InChI=1S/C14H21NO2/c1-14(2,3)12-8-11(16-4)7-10-9-15-5-6-17-13(10)12/h7-8,15H,5-6,9H2,1-4H3. The van der Waals surface area contributed by atoms with Crippen LogP contribution in [-0.2, 0) is 12.0 Å². The molecule has 0 fully saturated rings. The van der Waals surface area contributed by atoms with E-state index >= 15 is 0 Å². The van der Waals surface area contributed by atoms with Crippen molar-refractivity contribution in [2.24, 2.45) is 0 Å². The van der Waals surface area contributed by atoms with E-state index in [0.717, 1.165) is 31.2 Å². The lowest BCUT2D eigenvalue weighted by Gasteiger charge is -2.24. The third-order valence-corrected chi connectivity index (χ3v) is 3.02. The Morgan fingerprint density at radius 1 is 1.29 bits per heavy atom. The zero-order valence-corrected chi connectivity index (χ0v) is 11.1. The van der Waals surface area contributed by atoms with Gasteiger partial charge < -0.3 is 14.8 Å². The maximum atomic E-state index is 5.89. The average molecular weight is 235 g/mol. The summed E-state index contributed by atoms with van der Waals surface area (Å²) in [5.74, 6) is 1.93. The van der Waals surface area contributed by atoms with Gasteiger partial charge in [-0.05, 0) is 17.5 Å². The van der Waals surface area contributed by atoms with Crippen LogP contribution in [-0.4, -0.2) is 20.3 Å². The van der Waals surface area contributed by atoms with Crippen molar-refractivity contribution in [1.29, 1.82) is 0 Å². The van der Waals surface area contributed by atoms with Crippen molar-refractivity contribution in [2.45, 2.75) is 32.7 Å². The van der Waals surface area contributed by atoms with Crippen LogP contribution in [0.2, 0.25) is 0 Å². The van der Waals surface area contributed by atoms with Crippen molar-refractivity contribution in [2.75, 3.05) is 20.3 Å². The van der Waals surface area contributed by atoms with Crippen molar-refractivity contribution in [3.8, 4) is 11.5 Å². The molecule has 1 aliphatic rings. The topological polar surface area (TPSA) is 30.5 Å². The van der Waals surface area contributed by atoms with Crippen molar-refractivity contribution in [1.82, 2.24) is 5.32 Å². The van der Waals surface area contributed by atoms with Gasteiger partial charge in [-0.25, -0.2) is 0 Å². The molecule has 0 aliphatic carbocycles. The normalized spacial score (nSPS) is 15.8. The summed E-state index contributed by atoms with van der Waals surface area (Å²) in [6.07, 6.45) is 0. The number of hydrogen-bond acceptors (Lipinski definition) is 3. The summed E-state index contributed by atoms with van der Waals surface area (Å²) < 4.78 is 11.3. The third kappa shape index (κ3) is 2.55. The van der Waals surface area contributed by atoms with Gasteiger partial charge in [-0.2, -0.15) is 0 Å². The van der Waals surface area contributed by atoms with Crippen LogP contribution in [0.15, 0.2) is 12.1 Å². The number of rotatable bonds is 1. The smallest absolute Gasteiger partial charge is 0.127 e. The number of benzene rings is 1. The van der Waals surface area contributed by atoms with Gasteiger partial charge in [-0.15, -0.1) is 0 Å². The van der Waals surface area contributed by atoms with Crippen molar-refractivity contribution in [3.05, 3.63) is 23.3 Å². The Morgan fingerprint density at radius 3 is 2.71 bits per heavy atom. The first-order chi connectivity index (χ1) is 8.02. The summed E-state index contributed by atoms with van der Waals surface area (Å²) in [4.78, 5) is 0. The molecule has 0 unspecified atom stereocenters. The average Bonchev–Trinajstić information content (AvgIpc) is 2.50. The third-order valence-electron chi connectivity index (χ3n) is 3.02. The molecule has 1 aromatic rings. The summed E-state index contributed by atoms with van der Waals surface area (Å²) >= 11 is 0. The first-order valence-electron chi connectivity index (χ1n) is 6.07. The molecule has 0 saturated heterocycles. The summed E-state index contributed by atoms with van der Waals surface area (Å²) in [6, 6.07) is 4.15. The number of ether oxygens (including phenoxy) is 2. The molecule has 3 heteroatoms. The van der Waals surface area contributed by atoms with Crippen LogP contribution in [0, 0.1) is 0 Å². The largest absolute Gasteiger partial charge is 0.497 e. The van der Waals surface area contributed by atoms with E-state index in [9.17, 15) is 0 Å². The van der Waals surface area contributed by atoms with Crippen LogP contribution in [0.3, 0.4) is 0 Å². The van der Waals surface area contributed by atoms with Crippen LogP contribution < -0.4 is 14.8 Å². The highest BCUT2D eigenvalue weighted by molar-refractivity contribution is 5.50. The minimum atomic E-state index is 0.0585. The van der Waals surface area contributed by atoms with Crippen LogP contribution in [0.1, 0.15) is 31.9 Å². The zero-order chi connectivity index (χ0) is 12.5. The first-order valence-corrected chi connectivity index (χ1v) is 6.07. The van der Waals surface area contributed by atoms with E-state index in [0.29, 0.717) is 0 Å². The molecule has 1 aliphatic heterocycles. The zero-order valence-electron chi connectivity index (χ0n) is 11.1. The fraction of sp³-hybridized carbons (Fsp3) is 0.571. The van der Waals surface area contributed by atoms with Gasteiger partial charge in [0.2, 0.25) is 0 Å². The molecule has 0 radical (unpaired) electrons. The lowest BCUT2D eigenvalue weighted by molar-refractivity contribution is 0.316. The fourth-order valence-corrected chi connectivity index (χ4v) is 2.08. The van der Waals surface area contributed by atoms with Crippen molar-refractivity contribution >= 4 is 0 Å². The van der Waals surface area contributed by atoms with Gasteiger partial charge in [0.15, 0.2) is 0 Å². The Balaban J connectivity index is 2.55. The lowest BCUT2D eigenvalue weighted by Crippen LogP contribution is -2.16. The Morgan fingerprint density at radius 2 is 2.06 bits per heavy atom. The second-order valence-corrected chi connectivity index (χ2v) is 5.44. The van der Waals surface area contributed by atoms with Crippen LogP contribution >= 0.6 is 0 Å². The summed E-state index contributed by atoms with van der Waals surface area (Å²) in [5.41, 5.74) is 2.46. The van der Waals surface area contributed by atoms with Gasteiger partial charge in [0.1, 0.15) is 18.1 Å². The highest BCUT2D eigenvalue weighted by atomic mass is 16.5. The maximum Gasteiger partial charge on any atom is 0.127 e. The molecule has 94 valence electrons. The van der Waals surface area contributed by atoms with Gasteiger partial charge in [0.05, 0.1) is 7.11 Å². The molecule has 0 aromatic heterocycles. The SMILES string of the molecule is COc1cc2c(c(C(C)(C)C)c1)OCCNC2. The molecular formula is C14H21NO2. The molecule has 2 rings (SSSR count). The second kappa shape index (κ2) is 4.57. The van der Waals surface area contributed by atoms with Crippen molar-refractivity contribution in [3.63, 3.8) is 0 Å². The predicted molar refractivity (Wildman–Crippen MR) is 68.9 cm³/mol. The molecule has 1 N–H and O–H groups in total. The molecule has 0 saturated carbocycles. The Bertz CT molecular complexity index is 407. The first kappa shape index (κ1) is 12.2. The lowest BCUT2D eigenvalue weighted by atomic mass is 9.85. The minimum absolute atomic E-state index is 0.0585. The molecule has 0 atom stereocenters. The van der Waals surface area contributed by atoms with Crippen LogP contribution in [0.5, 0.6) is 11.5 Å². The number of fused-ring (bicyclic) bond motifs is 1. The quantitative estimate of drug-likeness (QED) is 0.811.